The zero-order valence-corrected chi connectivity index (χ0v) is 11.0. The van der Waals surface area contributed by atoms with E-state index in [0.717, 1.165) is 0 Å². The number of carboxylic acids is 1. The molecule has 6 nitrogen and oxygen atoms in total. The van der Waals surface area contributed by atoms with E-state index in [1.807, 2.05) is 0 Å². The Morgan fingerprint density at radius 3 is 1.06 bits per heavy atom. The van der Waals surface area contributed by atoms with Gasteiger partial charge in [-0.1, -0.05) is 0 Å². The van der Waals surface area contributed by atoms with E-state index in [2.05, 4.69) is 37.9 Å². The molecular formula is C7H16O6S3. The van der Waals surface area contributed by atoms with Gasteiger partial charge in [-0.2, -0.15) is 0 Å². The standard InChI is InChI=1S/C5H12O4.C2H4O2S3/c6-1-5(2-7,3-8)4-9;3-1(4)2(5,6)7/h6-9H,1-4H2;5-7H,(H,3,4). The first-order valence-electron chi connectivity index (χ1n) is 4.03. The first-order valence-corrected chi connectivity index (χ1v) is 5.37. The van der Waals surface area contributed by atoms with E-state index in [1.54, 1.807) is 0 Å². The highest BCUT2D eigenvalue weighted by atomic mass is 32.2. The summed E-state index contributed by atoms with van der Waals surface area (Å²) in [6.07, 6.45) is 0. The van der Waals surface area contributed by atoms with Crippen molar-refractivity contribution in [3.63, 3.8) is 0 Å². The molecule has 0 aliphatic heterocycles. The highest BCUT2D eigenvalue weighted by Gasteiger charge is 2.26. The second-order valence-corrected chi connectivity index (χ2v) is 6.14. The largest absolute Gasteiger partial charge is 0.479 e. The zero-order valence-electron chi connectivity index (χ0n) is 8.31. The number of aliphatic hydroxyl groups is 4. The van der Waals surface area contributed by atoms with Crippen LogP contribution in [0.25, 0.3) is 0 Å². The van der Waals surface area contributed by atoms with E-state index in [1.165, 1.54) is 0 Å². The summed E-state index contributed by atoms with van der Waals surface area (Å²) in [5.74, 6) is -1.16. The van der Waals surface area contributed by atoms with Crippen LogP contribution in [0.15, 0.2) is 0 Å². The van der Waals surface area contributed by atoms with E-state index in [4.69, 9.17) is 25.5 Å². The van der Waals surface area contributed by atoms with Crippen LogP contribution >= 0.6 is 37.9 Å². The van der Waals surface area contributed by atoms with Crippen molar-refractivity contribution in [2.24, 2.45) is 5.41 Å². The second kappa shape index (κ2) is 8.45. The molecule has 5 N–H and O–H groups in total. The average molecular weight is 292 g/mol. The molecule has 0 aromatic rings. The third-order valence-corrected chi connectivity index (χ3v) is 2.20. The van der Waals surface area contributed by atoms with Crippen molar-refractivity contribution in [3.05, 3.63) is 0 Å². The molecule has 0 radical (unpaired) electrons. The fourth-order valence-corrected chi connectivity index (χ4v) is 0.300. The molecule has 0 atom stereocenters. The summed E-state index contributed by atoms with van der Waals surface area (Å²) in [5.41, 5.74) is -1.11. The van der Waals surface area contributed by atoms with Gasteiger partial charge in [0.15, 0.2) is 3.41 Å². The van der Waals surface area contributed by atoms with Crippen molar-refractivity contribution < 1.29 is 30.3 Å². The number of aliphatic carboxylic acids is 1. The van der Waals surface area contributed by atoms with Gasteiger partial charge in [-0.05, 0) is 0 Å². The maximum Gasteiger partial charge on any atom is 0.339 e. The Kier molecular flexibility index (Phi) is 9.89. The first-order chi connectivity index (χ1) is 7.19. The molecule has 0 aromatic carbocycles. The van der Waals surface area contributed by atoms with Crippen molar-refractivity contribution in [1.82, 2.24) is 0 Å². The predicted octanol–water partition coefficient (Wildman–Crippen LogP) is -1.54. The summed E-state index contributed by atoms with van der Waals surface area (Å²) in [6, 6.07) is 0. The molecule has 0 fully saturated rings. The topological polar surface area (TPSA) is 118 Å². The summed E-state index contributed by atoms with van der Waals surface area (Å²) in [4.78, 5) is 9.79. The average Bonchev–Trinajstić information content (AvgIpc) is 2.21. The minimum Gasteiger partial charge on any atom is -0.479 e. The Labute approximate surface area is 110 Å². The lowest BCUT2D eigenvalue weighted by molar-refractivity contribution is -0.135. The highest BCUT2D eigenvalue weighted by Crippen LogP contribution is 2.23. The molecule has 0 spiro atoms. The summed E-state index contributed by atoms with van der Waals surface area (Å²) in [6.45, 7) is -1.62. The minimum absolute atomic E-state index is 0.406. The van der Waals surface area contributed by atoms with Gasteiger partial charge in [0.2, 0.25) is 0 Å². The highest BCUT2D eigenvalue weighted by molar-refractivity contribution is 8.18. The van der Waals surface area contributed by atoms with Crippen LogP contribution in [-0.2, 0) is 4.79 Å². The Hall–Kier alpha value is 0.360. The lowest BCUT2D eigenvalue weighted by atomic mass is 9.93. The summed E-state index contributed by atoms with van der Waals surface area (Å²) < 4.78 is -1.50. The van der Waals surface area contributed by atoms with Gasteiger partial charge < -0.3 is 25.5 Å². The maximum absolute atomic E-state index is 9.79. The zero-order chi connectivity index (χ0) is 13.4. The molecule has 0 aliphatic rings. The van der Waals surface area contributed by atoms with Crippen molar-refractivity contribution in [1.29, 1.82) is 0 Å². The van der Waals surface area contributed by atoms with Crippen LogP contribution < -0.4 is 0 Å². The summed E-state index contributed by atoms with van der Waals surface area (Å²) in [5, 5.41) is 42.0. The van der Waals surface area contributed by atoms with E-state index in [0.29, 0.717) is 0 Å². The molecule has 0 amide bonds. The number of hydrogen-bond acceptors (Lipinski definition) is 8. The van der Waals surface area contributed by atoms with E-state index < -0.39 is 41.2 Å². The Morgan fingerprint density at radius 2 is 1.06 bits per heavy atom. The van der Waals surface area contributed by atoms with Crippen LogP contribution in [-0.4, -0.2) is 61.3 Å². The normalized spacial score (nSPS) is 11.7. The fourth-order valence-electron chi connectivity index (χ4n) is 0.300. The van der Waals surface area contributed by atoms with Gasteiger partial charge >= 0.3 is 5.97 Å². The van der Waals surface area contributed by atoms with Crippen molar-refractivity contribution in [2.45, 2.75) is 3.41 Å². The number of carboxylic acid groups (broad SMARTS) is 1. The quantitative estimate of drug-likeness (QED) is 0.230. The van der Waals surface area contributed by atoms with Crippen LogP contribution in [0, 0.1) is 5.41 Å². The minimum atomic E-state index is -1.50. The lowest BCUT2D eigenvalue weighted by Gasteiger charge is -2.23. The smallest absolute Gasteiger partial charge is 0.339 e. The molecule has 0 saturated heterocycles. The SMILES string of the molecule is O=C(O)C(S)(S)S.OCC(CO)(CO)CO. The Bertz CT molecular complexity index is 183. The monoisotopic (exact) mass is 292 g/mol. The van der Waals surface area contributed by atoms with Gasteiger partial charge in [0.1, 0.15) is 0 Å². The lowest BCUT2D eigenvalue weighted by Crippen LogP contribution is -2.37. The number of aliphatic hydroxyl groups excluding tert-OH is 4. The maximum atomic E-state index is 9.79. The molecular weight excluding hydrogens is 276 g/mol. The number of thiol groups is 3. The Morgan fingerprint density at radius 1 is 0.875 bits per heavy atom. The van der Waals surface area contributed by atoms with Gasteiger partial charge in [-0.25, -0.2) is 4.79 Å². The van der Waals surface area contributed by atoms with Gasteiger partial charge in [0.25, 0.3) is 0 Å². The van der Waals surface area contributed by atoms with Gasteiger partial charge in [0, 0.05) is 0 Å². The first kappa shape index (κ1) is 18.7. The molecule has 0 unspecified atom stereocenters. The molecule has 98 valence electrons. The molecule has 0 saturated carbocycles. The van der Waals surface area contributed by atoms with Gasteiger partial charge in [-0.15, -0.1) is 37.9 Å². The van der Waals surface area contributed by atoms with Crippen molar-refractivity contribution in [2.75, 3.05) is 26.4 Å². The molecule has 0 aliphatic carbocycles. The third kappa shape index (κ3) is 7.60. The van der Waals surface area contributed by atoms with Crippen LogP contribution in [0.4, 0.5) is 0 Å². The van der Waals surface area contributed by atoms with Crippen LogP contribution in [0.2, 0.25) is 0 Å². The van der Waals surface area contributed by atoms with E-state index >= 15 is 0 Å². The molecule has 0 rings (SSSR count). The van der Waals surface area contributed by atoms with Gasteiger partial charge in [-0.3, -0.25) is 0 Å². The molecule has 0 heterocycles. The number of carbonyl (C=O) groups is 1. The van der Waals surface area contributed by atoms with Crippen LogP contribution in [0.3, 0.4) is 0 Å². The molecule has 16 heavy (non-hydrogen) atoms. The second-order valence-electron chi connectivity index (χ2n) is 3.07. The molecule has 0 bridgehead atoms. The fraction of sp³-hybridized carbons (Fsp3) is 0.857. The molecule has 9 heteroatoms. The number of rotatable bonds is 5. The van der Waals surface area contributed by atoms with Crippen LogP contribution in [0.1, 0.15) is 0 Å². The van der Waals surface area contributed by atoms with E-state index in [9.17, 15) is 4.79 Å². The summed E-state index contributed by atoms with van der Waals surface area (Å²) >= 11 is 10.4. The third-order valence-electron chi connectivity index (χ3n) is 1.63. The Balaban J connectivity index is 0. The van der Waals surface area contributed by atoms with E-state index in [-0.39, 0.29) is 0 Å². The predicted molar refractivity (Wildman–Crippen MR) is 68.1 cm³/mol. The van der Waals surface area contributed by atoms with Crippen molar-refractivity contribution in [3.8, 4) is 0 Å². The van der Waals surface area contributed by atoms with Crippen LogP contribution in [0.5, 0.6) is 0 Å². The number of hydrogen-bond donors (Lipinski definition) is 8. The van der Waals surface area contributed by atoms with Crippen molar-refractivity contribution >= 4 is 43.9 Å². The van der Waals surface area contributed by atoms with Gasteiger partial charge in [0.05, 0.1) is 31.8 Å². The summed E-state index contributed by atoms with van der Waals surface area (Å²) in [7, 11) is 0. The molecule has 0 aromatic heterocycles.